The zero-order chi connectivity index (χ0) is 14.5. The van der Waals surface area contributed by atoms with Gasteiger partial charge in [-0.3, -0.25) is 4.79 Å². The summed E-state index contributed by atoms with van der Waals surface area (Å²) in [5.74, 6) is -0.607. The number of nitrogens with one attached hydrogen (secondary N) is 1. The first-order valence-electron chi connectivity index (χ1n) is 6.26. The van der Waals surface area contributed by atoms with Crippen LogP contribution in [0, 0.1) is 12.7 Å². The summed E-state index contributed by atoms with van der Waals surface area (Å²) in [6.07, 6.45) is 0. The Labute approximate surface area is 117 Å². The molecule has 0 aliphatic rings. The molecule has 104 valence electrons. The van der Waals surface area contributed by atoms with E-state index in [1.165, 1.54) is 18.2 Å². The zero-order valence-electron chi connectivity index (χ0n) is 11.4. The Balaban J connectivity index is 2.23. The summed E-state index contributed by atoms with van der Waals surface area (Å²) in [5, 5.41) is 2.83. The third-order valence-corrected chi connectivity index (χ3v) is 3.00. The molecular formula is C16H16FNO2. The second kappa shape index (κ2) is 6.30. The van der Waals surface area contributed by atoms with Gasteiger partial charge in [0.05, 0.1) is 6.61 Å². The lowest BCUT2D eigenvalue weighted by molar-refractivity contribution is 0.102. The van der Waals surface area contributed by atoms with Crippen molar-refractivity contribution in [2.75, 3.05) is 12.4 Å². The minimum atomic E-state index is -0.348. The highest BCUT2D eigenvalue weighted by Gasteiger charge is 2.11. The predicted molar refractivity (Wildman–Crippen MR) is 76.2 cm³/mol. The lowest BCUT2D eigenvalue weighted by atomic mass is 10.1. The number of halogens is 1. The minimum Gasteiger partial charge on any atom is -0.380 e. The molecule has 0 fully saturated rings. The summed E-state index contributed by atoms with van der Waals surface area (Å²) in [7, 11) is 1.60. The van der Waals surface area contributed by atoms with E-state index < -0.39 is 0 Å². The SMILES string of the molecule is COCc1ccccc1NC(=O)c1ccc(F)cc1C. The van der Waals surface area contributed by atoms with Crippen molar-refractivity contribution in [1.29, 1.82) is 0 Å². The third-order valence-electron chi connectivity index (χ3n) is 3.00. The van der Waals surface area contributed by atoms with Crippen LogP contribution in [0.4, 0.5) is 10.1 Å². The van der Waals surface area contributed by atoms with Gasteiger partial charge in [-0.25, -0.2) is 4.39 Å². The Morgan fingerprint density at radius 3 is 2.70 bits per heavy atom. The van der Waals surface area contributed by atoms with Crippen LogP contribution in [0.5, 0.6) is 0 Å². The van der Waals surface area contributed by atoms with Gasteiger partial charge >= 0.3 is 0 Å². The van der Waals surface area contributed by atoms with Gasteiger partial charge in [0.25, 0.3) is 5.91 Å². The topological polar surface area (TPSA) is 38.3 Å². The van der Waals surface area contributed by atoms with Gasteiger partial charge in [-0.15, -0.1) is 0 Å². The maximum Gasteiger partial charge on any atom is 0.255 e. The summed E-state index contributed by atoms with van der Waals surface area (Å²) < 4.78 is 18.1. The summed E-state index contributed by atoms with van der Waals surface area (Å²) in [6, 6.07) is 11.5. The molecule has 0 unspecified atom stereocenters. The number of methoxy groups -OCH3 is 1. The molecule has 0 aliphatic carbocycles. The molecule has 0 aromatic heterocycles. The largest absolute Gasteiger partial charge is 0.380 e. The number of amides is 1. The van der Waals surface area contributed by atoms with Crippen molar-refractivity contribution in [2.45, 2.75) is 13.5 Å². The maximum atomic E-state index is 13.1. The molecule has 2 aromatic carbocycles. The first kappa shape index (κ1) is 14.2. The Morgan fingerprint density at radius 1 is 1.25 bits per heavy atom. The van der Waals surface area contributed by atoms with Crippen LogP contribution in [-0.2, 0) is 11.3 Å². The van der Waals surface area contributed by atoms with Crippen molar-refractivity contribution in [3.63, 3.8) is 0 Å². The summed E-state index contributed by atoms with van der Waals surface area (Å²) in [6.45, 7) is 2.12. The molecule has 0 saturated heterocycles. The molecule has 0 saturated carbocycles. The van der Waals surface area contributed by atoms with E-state index in [2.05, 4.69) is 5.32 Å². The minimum absolute atomic E-state index is 0.258. The number of para-hydroxylation sites is 1. The van der Waals surface area contributed by atoms with Gasteiger partial charge in [-0.2, -0.15) is 0 Å². The van der Waals surface area contributed by atoms with Crippen LogP contribution < -0.4 is 5.32 Å². The van der Waals surface area contributed by atoms with Gasteiger partial charge in [0.2, 0.25) is 0 Å². The fourth-order valence-electron chi connectivity index (χ4n) is 2.00. The molecule has 0 atom stereocenters. The number of carbonyl (C=O) groups excluding carboxylic acids is 1. The summed E-state index contributed by atoms with van der Waals surface area (Å²) >= 11 is 0. The summed E-state index contributed by atoms with van der Waals surface area (Å²) in [4.78, 5) is 12.2. The number of rotatable bonds is 4. The van der Waals surface area contributed by atoms with E-state index in [9.17, 15) is 9.18 Å². The van der Waals surface area contributed by atoms with Crippen molar-refractivity contribution >= 4 is 11.6 Å². The van der Waals surface area contributed by atoms with Crippen LogP contribution >= 0.6 is 0 Å². The van der Waals surface area contributed by atoms with Crippen LogP contribution in [0.15, 0.2) is 42.5 Å². The molecule has 0 spiro atoms. The number of aryl methyl sites for hydroxylation is 1. The molecule has 0 radical (unpaired) electrons. The average molecular weight is 273 g/mol. The molecular weight excluding hydrogens is 257 g/mol. The zero-order valence-corrected chi connectivity index (χ0v) is 11.4. The van der Waals surface area contributed by atoms with E-state index in [-0.39, 0.29) is 11.7 Å². The smallest absolute Gasteiger partial charge is 0.255 e. The van der Waals surface area contributed by atoms with E-state index >= 15 is 0 Å². The van der Waals surface area contributed by atoms with Crippen molar-refractivity contribution in [1.82, 2.24) is 0 Å². The van der Waals surface area contributed by atoms with Gasteiger partial charge in [0.1, 0.15) is 5.82 Å². The van der Waals surface area contributed by atoms with Crippen molar-refractivity contribution in [3.05, 3.63) is 65.0 Å². The average Bonchev–Trinajstić information content (AvgIpc) is 2.41. The first-order chi connectivity index (χ1) is 9.61. The lowest BCUT2D eigenvalue weighted by Gasteiger charge is -2.11. The van der Waals surface area contributed by atoms with Crippen LogP contribution in [0.3, 0.4) is 0 Å². The molecule has 0 aliphatic heterocycles. The molecule has 20 heavy (non-hydrogen) atoms. The van der Waals surface area contributed by atoms with Crippen LogP contribution in [-0.4, -0.2) is 13.0 Å². The van der Waals surface area contributed by atoms with Gasteiger partial charge in [-0.1, -0.05) is 18.2 Å². The Morgan fingerprint density at radius 2 is 2.00 bits per heavy atom. The van der Waals surface area contributed by atoms with Gasteiger partial charge in [0.15, 0.2) is 0 Å². The molecule has 0 bridgehead atoms. The molecule has 1 amide bonds. The lowest BCUT2D eigenvalue weighted by Crippen LogP contribution is -2.15. The molecule has 2 rings (SSSR count). The quantitative estimate of drug-likeness (QED) is 0.925. The fraction of sp³-hybridized carbons (Fsp3) is 0.188. The van der Waals surface area contributed by atoms with E-state index in [1.807, 2.05) is 24.3 Å². The monoisotopic (exact) mass is 273 g/mol. The van der Waals surface area contributed by atoms with Crippen LogP contribution in [0.1, 0.15) is 21.5 Å². The number of ether oxygens (including phenoxy) is 1. The fourth-order valence-corrected chi connectivity index (χ4v) is 2.00. The number of anilines is 1. The van der Waals surface area contributed by atoms with Crippen molar-refractivity contribution < 1.29 is 13.9 Å². The summed E-state index contributed by atoms with van der Waals surface area (Å²) in [5.41, 5.74) is 2.65. The van der Waals surface area contributed by atoms with Crippen molar-refractivity contribution in [3.8, 4) is 0 Å². The number of carbonyl (C=O) groups is 1. The second-order valence-electron chi connectivity index (χ2n) is 4.50. The normalized spacial score (nSPS) is 10.3. The molecule has 4 heteroatoms. The predicted octanol–water partition coefficient (Wildman–Crippen LogP) is 3.53. The highest BCUT2D eigenvalue weighted by atomic mass is 19.1. The van der Waals surface area contributed by atoms with Crippen molar-refractivity contribution in [2.24, 2.45) is 0 Å². The van der Waals surface area contributed by atoms with Crippen LogP contribution in [0.2, 0.25) is 0 Å². The van der Waals surface area contributed by atoms with Crippen LogP contribution in [0.25, 0.3) is 0 Å². The molecule has 3 nitrogen and oxygen atoms in total. The highest BCUT2D eigenvalue weighted by molar-refractivity contribution is 6.05. The van der Waals surface area contributed by atoms with Gasteiger partial charge < -0.3 is 10.1 Å². The Kier molecular flexibility index (Phi) is 4.48. The van der Waals surface area contributed by atoms with E-state index in [1.54, 1.807) is 14.0 Å². The molecule has 2 aromatic rings. The molecule has 1 N–H and O–H groups in total. The third kappa shape index (κ3) is 3.22. The van der Waals surface area contributed by atoms with Gasteiger partial charge in [-0.05, 0) is 36.8 Å². The number of hydrogen-bond acceptors (Lipinski definition) is 2. The second-order valence-corrected chi connectivity index (χ2v) is 4.50. The maximum absolute atomic E-state index is 13.1. The highest BCUT2D eigenvalue weighted by Crippen LogP contribution is 2.18. The van der Waals surface area contributed by atoms with E-state index in [0.29, 0.717) is 23.4 Å². The number of hydrogen-bond donors (Lipinski definition) is 1. The number of benzene rings is 2. The molecule has 0 heterocycles. The van der Waals surface area contributed by atoms with E-state index in [4.69, 9.17) is 4.74 Å². The Hall–Kier alpha value is -2.20. The first-order valence-corrected chi connectivity index (χ1v) is 6.26. The standard InChI is InChI=1S/C16H16FNO2/c1-11-9-13(17)7-8-14(11)16(19)18-15-6-4-3-5-12(15)10-20-2/h3-9H,10H2,1-2H3,(H,18,19). The Bertz CT molecular complexity index is 626. The van der Waals surface area contributed by atoms with E-state index in [0.717, 1.165) is 5.56 Å². The van der Waals surface area contributed by atoms with Gasteiger partial charge in [0, 0.05) is 23.9 Å².